The first-order valence-corrected chi connectivity index (χ1v) is 7.38. The number of hydrogen-bond acceptors (Lipinski definition) is 1. The van der Waals surface area contributed by atoms with Crippen molar-refractivity contribution >= 4 is 16.7 Å². The number of hydrogen-bond donors (Lipinski definition) is 2. The standard InChI is InChI=1S/C17H21N3/c1-2-18-17(20-15-10-11-15)19-12-14-8-5-7-13-6-3-4-9-16(13)14/h3-9,15H,2,10-12H2,1H3,(H2,18,19,20). The third-order valence-corrected chi connectivity index (χ3v) is 3.55. The van der Waals surface area contributed by atoms with Crippen LogP contribution in [0.3, 0.4) is 0 Å². The fourth-order valence-electron chi connectivity index (χ4n) is 2.34. The van der Waals surface area contributed by atoms with Crippen LogP contribution >= 0.6 is 0 Å². The predicted octanol–water partition coefficient (Wildman–Crippen LogP) is 3.06. The highest BCUT2D eigenvalue weighted by atomic mass is 15.2. The smallest absolute Gasteiger partial charge is 0.191 e. The van der Waals surface area contributed by atoms with Crippen molar-refractivity contribution in [3.63, 3.8) is 0 Å². The summed E-state index contributed by atoms with van der Waals surface area (Å²) in [7, 11) is 0. The van der Waals surface area contributed by atoms with Gasteiger partial charge >= 0.3 is 0 Å². The molecule has 2 aromatic carbocycles. The van der Waals surface area contributed by atoms with Gasteiger partial charge in [-0.1, -0.05) is 42.5 Å². The molecule has 0 heterocycles. The number of aliphatic imine (C=N–C) groups is 1. The first-order chi connectivity index (χ1) is 9.86. The molecule has 2 aromatic rings. The second-order valence-corrected chi connectivity index (χ2v) is 5.25. The molecule has 3 rings (SSSR count). The minimum Gasteiger partial charge on any atom is -0.357 e. The number of fused-ring (bicyclic) bond motifs is 1. The summed E-state index contributed by atoms with van der Waals surface area (Å²) in [5.74, 6) is 0.933. The van der Waals surface area contributed by atoms with Gasteiger partial charge in [0.05, 0.1) is 6.54 Å². The second-order valence-electron chi connectivity index (χ2n) is 5.25. The Labute approximate surface area is 120 Å². The van der Waals surface area contributed by atoms with Crippen LogP contribution in [0.4, 0.5) is 0 Å². The summed E-state index contributed by atoms with van der Waals surface area (Å²) < 4.78 is 0. The fraction of sp³-hybridized carbons (Fsp3) is 0.353. The largest absolute Gasteiger partial charge is 0.357 e. The van der Waals surface area contributed by atoms with Crippen molar-refractivity contribution in [3.05, 3.63) is 48.0 Å². The van der Waals surface area contributed by atoms with Crippen LogP contribution in [0.25, 0.3) is 10.8 Å². The Morgan fingerprint density at radius 2 is 1.95 bits per heavy atom. The van der Waals surface area contributed by atoms with Crippen molar-refractivity contribution in [3.8, 4) is 0 Å². The summed E-state index contributed by atoms with van der Waals surface area (Å²) in [5, 5.41) is 9.33. The number of nitrogens with one attached hydrogen (secondary N) is 2. The minimum atomic E-state index is 0.625. The molecule has 3 nitrogen and oxygen atoms in total. The van der Waals surface area contributed by atoms with E-state index in [0.717, 1.165) is 12.5 Å². The van der Waals surface area contributed by atoms with Crippen LogP contribution in [-0.2, 0) is 6.54 Å². The fourth-order valence-corrected chi connectivity index (χ4v) is 2.34. The van der Waals surface area contributed by atoms with E-state index in [1.54, 1.807) is 0 Å². The van der Waals surface area contributed by atoms with Crippen molar-refractivity contribution < 1.29 is 0 Å². The van der Waals surface area contributed by atoms with Crippen LogP contribution in [-0.4, -0.2) is 18.5 Å². The SMILES string of the molecule is CCNC(=NCc1cccc2ccccc12)NC1CC1. The molecule has 1 aliphatic rings. The molecule has 3 heteroatoms. The lowest BCUT2D eigenvalue weighted by Crippen LogP contribution is -2.38. The summed E-state index contributed by atoms with van der Waals surface area (Å²) in [6, 6.07) is 15.5. The maximum Gasteiger partial charge on any atom is 0.191 e. The first kappa shape index (κ1) is 13.0. The van der Waals surface area contributed by atoms with Gasteiger partial charge in [-0.25, -0.2) is 4.99 Å². The topological polar surface area (TPSA) is 36.4 Å². The molecule has 0 saturated heterocycles. The molecule has 2 N–H and O–H groups in total. The molecular weight excluding hydrogens is 246 g/mol. The zero-order valence-corrected chi connectivity index (χ0v) is 11.9. The highest BCUT2D eigenvalue weighted by Crippen LogP contribution is 2.20. The zero-order chi connectivity index (χ0) is 13.8. The van der Waals surface area contributed by atoms with E-state index in [9.17, 15) is 0 Å². The minimum absolute atomic E-state index is 0.625. The van der Waals surface area contributed by atoms with Crippen LogP contribution in [0.2, 0.25) is 0 Å². The molecule has 0 radical (unpaired) electrons. The van der Waals surface area contributed by atoms with E-state index in [1.807, 2.05) is 0 Å². The van der Waals surface area contributed by atoms with Crippen LogP contribution in [0.1, 0.15) is 25.3 Å². The van der Waals surface area contributed by atoms with Crippen LogP contribution in [0, 0.1) is 0 Å². The van der Waals surface area contributed by atoms with Gasteiger partial charge in [-0.2, -0.15) is 0 Å². The lowest BCUT2D eigenvalue weighted by molar-refractivity contribution is 0.813. The van der Waals surface area contributed by atoms with E-state index >= 15 is 0 Å². The molecule has 0 aromatic heterocycles. The third kappa shape index (κ3) is 3.10. The quantitative estimate of drug-likeness (QED) is 0.660. The van der Waals surface area contributed by atoms with Crippen molar-refractivity contribution in [1.82, 2.24) is 10.6 Å². The second kappa shape index (κ2) is 5.95. The Balaban J connectivity index is 1.80. The first-order valence-electron chi connectivity index (χ1n) is 7.38. The van der Waals surface area contributed by atoms with Gasteiger partial charge in [-0.05, 0) is 36.1 Å². The van der Waals surface area contributed by atoms with E-state index in [1.165, 1.54) is 29.2 Å². The third-order valence-electron chi connectivity index (χ3n) is 3.55. The van der Waals surface area contributed by atoms with Gasteiger partial charge < -0.3 is 10.6 Å². The summed E-state index contributed by atoms with van der Waals surface area (Å²) in [5.41, 5.74) is 1.27. The number of rotatable bonds is 4. The van der Waals surface area contributed by atoms with Crippen molar-refractivity contribution in [2.24, 2.45) is 4.99 Å². The van der Waals surface area contributed by atoms with Crippen LogP contribution in [0.5, 0.6) is 0 Å². The highest BCUT2D eigenvalue weighted by molar-refractivity contribution is 5.86. The predicted molar refractivity (Wildman–Crippen MR) is 84.9 cm³/mol. The van der Waals surface area contributed by atoms with Gasteiger partial charge in [0.25, 0.3) is 0 Å². The monoisotopic (exact) mass is 267 g/mol. The van der Waals surface area contributed by atoms with Crippen molar-refractivity contribution in [2.75, 3.05) is 6.54 Å². The molecule has 1 aliphatic carbocycles. The zero-order valence-electron chi connectivity index (χ0n) is 11.9. The normalized spacial score (nSPS) is 15.3. The van der Waals surface area contributed by atoms with Gasteiger partial charge in [0.1, 0.15) is 0 Å². The number of guanidine groups is 1. The number of nitrogens with zero attached hydrogens (tertiary/aromatic N) is 1. The highest BCUT2D eigenvalue weighted by Gasteiger charge is 2.22. The Bertz CT molecular complexity index is 609. The van der Waals surface area contributed by atoms with Gasteiger partial charge in [-0.3, -0.25) is 0 Å². The van der Waals surface area contributed by atoms with E-state index in [2.05, 4.69) is 60.0 Å². The Hall–Kier alpha value is -2.03. The Morgan fingerprint density at radius 1 is 1.15 bits per heavy atom. The summed E-state index contributed by atoms with van der Waals surface area (Å²) in [4.78, 5) is 4.71. The maximum absolute atomic E-state index is 4.71. The molecule has 0 bridgehead atoms. The van der Waals surface area contributed by atoms with E-state index < -0.39 is 0 Å². The van der Waals surface area contributed by atoms with Crippen LogP contribution < -0.4 is 10.6 Å². The molecule has 0 amide bonds. The van der Waals surface area contributed by atoms with Crippen LogP contribution in [0.15, 0.2) is 47.5 Å². The maximum atomic E-state index is 4.71. The van der Waals surface area contributed by atoms with Gasteiger partial charge in [0.15, 0.2) is 5.96 Å². The molecule has 20 heavy (non-hydrogen) atoms. The molecule has 0 aliphatic heterocycles. The molecule has 1 fully saturated rings. The van der Waals surface area contributed by atoms with Crippen molar-refractivity contribution in [2.45, 2.75) is 32.4 Å². The average molecular weight is 267 g/mol. The molecule has 0 unspecified atom stereocenters. The summed E-state index contributed by atoms with van der Waals surface area (Å²) >= 11 is 0. The van der Waals surface area contributed by atoms with Gasteiger partial charge in [0, 0.05) is 12.6 Å². The molecule has 1 saturated carbocycles. The lowest BCUT2D eigenvalue weighted by atomic mass is 10.1. The average Bonchev–Trinajstić information content (AvgIpc) is 3.29. The van der Waals surface area contributed by atoms with Crippen molar-refractivity contribution in [1.29, 1.82) is 0 Å². The molecule has 0 atom stereocenters. The van der Waals surface area contributed by atoms with E-state index in [0.29, 0.717) is 12.6 Å². The van der Waals surface area contributed by atoms with Gasteiger partial charge in [0.2, 0.25) is 0 Å². The van der Waals surface area contributed by atoms with E-state index in [-0.39, 0.29) is 0 Å². The Morgan fingerprint density at radius 3 is 2.75 bits per heavy atom. The summed E-state index contributed by atoms with van der Waals surface area (Å²) in [6.07, 6.45) is 2.53. The molecule has 0 spiro atoms. The van der Waals surface area contributed by atoms with E-state index in [4.69, 9.17) is 4.99 Å². The lowest BCUT2D eigenvalue weighted by Gasteiger charge is -2.11. The Kier molecular flexibility index (Phi) is 3.86. The van der Waals surface area contributed by atoms with Gasteiger partial charge in [-0.15, -0.1) is 0 Å². The molecule has 104 valence electrons. The summed E-state index contributed by atoms with van der Waals surface area (Å²) in [6.45, 7) is 3.71. The number of benzene rings is 2. The molecular formula is C17H21N3.